The molecule has 0 amide bonds. The van der Waals surface area contributed by atoms with Gasteiger partial charge < -0.3 is 30.9 Å². The number of carbonyl (C=O) groups is 2. The molecule has 0 aromatic rings. The van der Waals surface area contributed by atoms with Gasteiger partial charge in [0.15, 0.2) is 0 Å². The first-order valence-corrected chi connectivity index (χ1v) is 2.94. The number of carbonyl (C=O) groups excluding carboxylic acids is 2. The molecule has 0 bridgehead atoms. The van der Waals surface area contributed by atoms with E-state index in [9.17, 15) is 19.8 Å². The molecule has 0 heterocycles. The van der Waals surface area contributed by atoms with Crippen LogP contribution < -0.4 is 80.4 Å². The van der Waals surface area contributed by atoms with Gasteiger partial charge in [-0.25, -0.2) is 0 Å². The van der Waals surface area contributed by atoms with Crippen molar-refractivity contribution in [2.45, 2.75) is 6.04 Å². The van der Waals surface area contributed by atoms with E-state index >= 15 is 0 Å². The van der Waals surface area contributed by atoms with Gasteiger partial charge in [-0.05, 0) is 0 Å². The average molecular weight is 206 g/mol. The van der Waals surface area contributed by atoms with Gasteiger partial charge in [0.2, 0.25) is 0 Å². The average Bonchev–Trinajstić information content (AvgIpc) is 1.87. The zero-order valence-corrected chi connectivity index (χ0v) is 11.7. The van der Waals surface area contributed by atoms with Gasteiger partial charge in [0.1, 0.15) is 0 Å². The Labute approximate surface area is 120 Å². The van der Waals surface area contributed by atoms with E-state index in [0.29, 0.717) is 0 Å². The molecule has 0 radical (unpaired) electrons. The number of nitrogens with two attached hydrogens (primary N) is 1. The van der Waals surface area contributed by atoms with Gasteiger partial charge in [-0.2, -0.15) is 0 Å². The van der Waals surface area contributed by atoms with Crippen molar-refractivity contribution >= 4 is 11.9 Å². The van der Waals surface area contributed by atoms with Crippen molar-refractivity contribution in [2.75, 3.05) is 13.1 Å². The quantitative estimate of drug-likeness (QED) is 0.340. The molecule has 0 aliphatic carbocycles. The fraction of sp³-hybridized carbons (Fsp3) is 0.600. The van der Waals surface area contributed by atoms with Crippen LogP contribution in [0.1, 0.15) is 0 Å². The predicted molar refractivity (Wildman–Crippen MR) is 30.9 cm³/mol. The summed E-state index contributed by atoms with van der Waals surface area (Å²) in [4.78, 5) is 20.0. The van der Waals surface area contributed by atoms with Gasteiger partial charge in [-0.15, -0.1) is 0 Å². The maximum atomic E-state index is 10.0. The molecule has 0 fully saturated rings. The molecule has 6 nitrogen and oxygen atoms in total. The van der Waals surface area contributed by atoms with Crippen molar-refractivity contribution in [1.82, 2.24) is 5.32 Å². The predicted octanol–water partition coefficient (Wildman–Crippen LogP) is -10.6. The topological polar surface area (TPSA) is 118 Å². The summed E-state index contributed by atoms with van der Waals surface area (Å²) in [6.07, 6.45) is 0. The molecule has 3 N–H and O–H groups in total. The molecule has 8 heteroatoms. The number of carboxylic acids is 2. The molecular weight excluding hydrogens is 198 g/mol. The Hall–Kier alpha value is 0.860. The van der Waals surface area contributed by atoms with Crippen molar-refractivity contribution in [2.24, 2.45) is 5.73 Å². The Morgan fingerprint density at radius 3 is 1.85 bits per heavy atom. The summed E-state index contributed by atoms with van der Waals surface area (Å²) in [5, 5.41) is 22.1. The van der Waals surface area contributed by atoms with Crippen molar-refractivity contribution in [3.63, 3.8) is 0 Å². The smallest absolute Gasteiger partial charge is 0.548 e. The van der Waals surface area contributed by atoms with Crippen molar-refractivity contribution in [3.05, 3.63) is 0 Å². The largest absolute Gasteiger partial charge is 1.00 e. The Kier molecular flexibility index (Phi) is 16.4. The van der Waals surface area contributed by atoms with Crippen LogP contribution in [0.5, 0.6) is 0 Å². The summed E-state index contributed by atoms with van der Waals surface area (Å²) in [6, 6.07) is -1.78. The van der Waals surface area contributed by atoms with Gasteiger partial charge in [-0.3, -0.25) is 0 Å². The van der Waals surface area contributed by atoms with E-state index in [1.54, 1.807) is 0 Å². The summed E-state index contributed by atoms with van der Waals surface area (Å²) < 4.78 is 0. The molecule has 0 unspecified atom stereocenters. The fourth-order valence-electron chi connectivity index (χ4n) is 0.491. The first-order valence-electron chi connectivity index (χ1n) is 2.94. The summed E-state index contributed by atoms with van der Waals surface area (Å²) in [5.41, 5.74) is 4.99. The normalized spacial score (nSPS) is 8.46. The van der Waals surface area contributed by atoms with Crippen LogP contribution in [0.3, 0.4) is 0 Å². The zero-order valence-electron chi connectivity index (χ0n) is 7.70. The molecule has 0 rings (SSSR count). The molecule has 64 valence electrons. The fourth-order valence-corrected chi connectivity index (χ4v) is 0.491. The summed E-state index contributed by atoms with van der Waals surface area (Å²) >= 11 is 0. The molecule has 0 spiro atoms. The number of carboxylic acid groups (broad SMARTS) is 2. The van der Waals surface area contributed by atoms with Gasteiger partial charge in [0, 0.05) is 13.1 Å². The van der Waals surface area contributed by atoms with E-state index in [4.69, 9.17) is 5.73 Å². The second kappa shape index (κ2) is 10.9. The van der Waals surface area contributed by atoms with Crippen molar-refractivity contribution in [3.8, 4) is 0 Å². The number of hydrogen-bond acceptors (Lipinski definition) is 6. The molecule has 0 aliphatic rings. The molecule has 0 saturated heterocycles. The van der Waals surface area contributed by atoms with Crippen LogP contribution in [0.15, 0.2) is 0 Å². The van der Waals surface area contributed by atoms with Crippen LogP contribution in [-0.4, -0.2) is 31.1 Å². The van der Waals surface area contributed by atoms with Crippen LogP contribution in [-0.2, 0) is 9.59 Å². The van der Waals surface area contributed by atoms with Gasteiger partial charge in [0.05, 0.1) is 18.0 Å². The Bertz CT molecular complexity index is 153. The SMILES string of the molecule is NCCNC(C(=O)[O-])C(=O)[O-].[Na+].[Na+]. The first-order chi connectivity index (χ1) is 5.09. The summed E-state index contributed by atoms with van der Waals surface area (Å²) in [5.74, 6) is -3.45. The van der Waals surface area contributed by atoms with E-state index in [2.05, 4.69) is 5.32 Å². The molecule has 0 saturated carbocycles. The van der Waals surface area contributed by atoms with Gasteiger partial charge in [0.25, 0.3) is 0 Å². The zero-order chi connectivity index (χ0) is 8.85. The molecule has 0 aromatic carbocycles. The molecule has 0 aliphatic heterocycles. The first kappa shape index (κ1) is 19.4. The molecule has 0 aromatic heterocycles. The maximum absolute atomic E-state index is 10.0. The number of nitrogens with one attached hydrogen (secondary N) is 1. The third kappa shape index (κ3) is 9.17. The monoisotopic (exact) mass is 206 g/mol. The van der Waals surface area contributed by atoms with Crippen LogP contribution >= 0.6 is 0 Å². The van der Waals surface area contributed by atoms with Crippen LogP contribution in [0.2, 0.25) is 0 Å². The third-order valence-electron chi connectivity index (χ3n) is 0.964. The minimum absolute atomic E-state index is 0. The molecular formula is C5H8N2Na2O4. The number of rotatable bonds is 5. The van der Waals surface area contributed by atoms with Crippen LogP contribution in [0.25, 0.3) is 0 Å². The minimum Gasteiger partial charge on any atom is -0.548 e. The summed E-state index contributed by atoms with van der Waals surface area (Å²) in [7, 11) is 0. The van der Waals surface area contributed by atoms with Crippen molar-refractivity contribution < 1.29 is 78.9 Å². The van der Waals surface area contributed by atoms with E-state index in [-0.39, 0.29) is 72.2 Å². The Balaban J connectivity index is -0.000000500. The molecule has 0 atom stereocenters. The maximum Gasteiger partial charge on any atom is 1.00 e. The number of aliphatic carboxylic acids is 2. The van der Waals surface area contributed by atoms with E-state index in [1.807, 2.05) is 0 Å². The van der Waals surface area contributed by atoms with E-state index in [0.717, 1.165) is 0 Å². The second-order valence-electron chi connectivity index (χ2n) is 1.81. The van der Waals surface area contributed by atoms with Crippen molar-refractivity contribution in [1.29, 1.82) is 0 Å². The Morgan fingerprint density at radius 1 is 1.23 bits per heavy atom. The molecule has 13 heavy (non-hydrogen) atoms. The minimum atomic E-state index is -1.78. The van der Waals surface area contributed by atoms with Crippen LogP contribution in [0, 0.1) is 0 Å². The standard InChI is InChI=1S/C5H10N2O4.2Na/c6-1-2-7-3(4(8)9)5(10)11;;/h3,7H,1-2,6H2,(H,8,9)(H,10,11);;/q;2*+1/p-2. The Morgan fingerprint density at radius 2 is 1.62 bits per heavy atom. The van der Waals surface area contributed by atoms with Gasteiger partial charge >= 0.3 is 59.1 Å². The van der Waals surface area contributed by atoms with E-state index < -0.39 is 18.0 Å². The van der Waals surface area contributed by atoms with E-state index in [1.165, 1.54) is 0 Å². The number of hydrogen-bond donors (Lipinski definition) is 2. The summed E-state index contributed by atoms with van der Waals surface area (Å²) in [6.45, 7) is 0.240. The third-order valence-corrected chi connectivity index (χ3v) is 0.964. The second-order valence-corrected chi connectivity index (χ2v) is 1.81. The van der Waals surface area contributed by atoms with Gasteiger partial charge in [-0.1, -0.05) is 0 Å². The van der Waals surface area contributed by atoms with Crippen LogP contribution in [0.4, 0.5) is 0 Å².